The number of rotatable bonds is 5. The van der Waals surface area contributed by atoms with Crippen molar-refractivity contribution in [3.8, 4) is 0 Å². The summed E-state index contributed by atoms with van der Waals surface area (Å²) >= 11 is 0. The number of aryl methyl sites for hydroxylation is 2. The van der Waals surface area contributed by atoms with E-state index in [0.29, 0.717) is 18.4 Å². The van der Waals surface area contributed by atoms with Crippen LogP contribution in [0.2, 0.25) is 0 Å². The fraction of sp³-hybridized carbons (Fsp3) is 0.727. The molecular formula is C11H19N5O. The van der Waals surface area contributed by atoms with Crippen LogP contribution in [0.5, 0.6) is 0 Å². The summed E-state index contributed by atoms with van der Waals surface area (Å²) in [7, 11) is 0. The van der Waals surface area contributed by atoms with Gasteiger partial charge in [-0.2, -0.15) is 5.10 Å². The average Bonchev–Trinajstić information content (AvgIpc) is 2.94. The van der Waals surface area contributed by atoms with Gasteiger partial charge in [0.1, 0.15) is 17.2 Å². The molecule has 94 valence electrons. The monoisotopic (exact) mass is 237 g/mol. The summed E-state index contributed by atoms with van der Waals surface area (Å²) in [6.45, 7) is 5.95. The van der Waals surface area contributed by atoms with Gasteiger partial charge in [-0.25, -0.2) is 9.67 Å². The Hall–Kier alpha value is -1.43. The molecule has 0 saturated heterocycles. The third-order valence-electron chi connectivity index (χ3n) is 3.07. The van der Waals surface area contributed by atoms with Crippen LogP contribution in [0.4, 0.5) is 0 Å². The minimum atomic E-state index is -0.758. The van der Waals surface area contributed by atoms with Gasteiger partial charge in [0.25, 0.3) is 0 Å². The second-order valence-corrected chi connectivity index (χ2v) is 4.98. The number of carbonyl (C=O) groups excluding carboxylic acids is 1. The molecule has 0 aliphatic heterocycles. The predicted octanol–water partition coefficient (Wildman–Crippen LogP) is -0.109. The SMILES string of the molecule is Cc1nc(C)n(CC(C)(NC2CC2)C(N)=O)n1. The summed E-state index contributed by atoms with van der Waals surface area (Å²) in [4.78, 5) is 15.8. The minimum absolute atomic E-state index is 0.350. The van der Waals surface area contributed by atoms with Crippen LogP contribution in [-0.4, -0.2) is 32.3 Å². The number of nitrogens with zero attached hydrogens (tertiary/aromatic N) is 3. The zero-order chi connectivity index (χ0) is 12.6. The highest BCUT2D eigenvalue weighted by atomic mass is 16.1. The van der Waals surface area contributed by atoms with Gasteiger partial charge in [-0.1, -0.05) is 0 Å². The summed E-state index contributed by atoms with van der Waals surface area (Å²) in [6.07, 6.45) is 2.22. The molecule has 1 atom stereocenters. The van der Waals surface area contributed by atoms with Gasteiger partial charge in [0, 0.05) is 6.04 Å². The van der Waals surface area contributed by atoms with E-state index in [0.717, 1.165) is 18.7 Å². The van der Waals surface area contributed by atoms with Gasteiger partial charge in [0.2, 0.25) is 5.91 Å². The largest absolute Gasteiger partial charge is 0.368 e. The number of nitrogens with one attached hydrogen (secondary N) is 1. The molecule has 6 nitrogen and oxygen atoms in total. The van der Waals surface area contributed by atoms with E-state index >= 15 is 0 Å². The van der Waals surface area contributed by atoms with Crippen molar-refractivity contribution in [3.05, 3.63) is 11.6 Å². The molecule has 0 aromatic carbocycles. The van der Waals surface area contributed by atoms with E-state index in [1.54, 1.807) is 4.68 Å². The zero-order valence-electron chi connectivity index (χ0n) is 10.5. The number of hydrogen-bond donors (Lipinski definition) is 2. The number of aromatic nitrogens is 3. The molecule has 1 aliphatic carbocycles. The van der Waals surface area contributed by atoms with Crippen LogP contribution in [0, 0.1) is 13.8 Å². The summed E-state index contributed by atoms with van der Waals surface area (Å²) in [5.41, 5.74) is 4.73. The van der Waals surface area contributed by atoms with E-state index in [4.69, 9.17) is 5.73 Å². The number of carbonyl (C=O) groups is 1. The summed E-state index contributed by atoms with van der Waals surface area (Å²) in [5.74, 6) is 1.16. The summed E-state index contributed by atoms with van der Waals surface area (Å²) in [6, 6.07) is 0.414. The van der Waals surface area contributed by atoms with Gasteiger partial charge in [0.15, 0.2) is 0 Å². The van der Waals surface area contributed by atoms with Crippen molar-refractivity contribution in [2.24, 2.45) is 5.73 Å². The zero-order valence-corrected chi connectivity index (χ0v) is 10.5. The molecule has 3 N–H and O–H groups in total. The maximum Gasteiger partial charge on any atom is 0.239 e. The summed E-state index contributed by atoms with van der Waals surface area (Å²) in [5, 5.41) is 7.55. The van der Waals surface area contributed by atoms with Crippen molar-refractivity contribution in [1.29, 1.82) is 0 Å². The van der Waals surface area contributed by atoms with E-state index in [1.165, 1.54) is 0 Å². The first-order chi connectivity index (χ1) is 7.90. The Morgan fingerprint density at radius 3 is 2.65 bits per heavy atom. The smallest absolute Gasteiger partial charge is 0.239 e. The van der Waals surface area contributed by atoms with Gasteiger partial charge >= 0.3 is 0 Å². The molecule has 1 unspecified atom stereocenters. The molecule has 0 radical (unpaired) electrons. The van der Waals surface area contributed by atoms with E-state index in [2.05, 4.69) is 15.4 Å². The lowest BCUT2D eigenvalue weighted by Gasteiger charge is -2.27. The predicted molar refractivity (Wildman–Crippen MR) is 63.3 cm³/mol. The minimum Gasteiger partial charge on any atom is -0.368 e. The Bertz CT molecular complexity index is 437. The lowest BCUT2D eigenvalue weighted by Crippen LogP contribution is -2.56. The molecule has 0 bridgehead atoms. The van der Waals surface area contributed by atoms with Gasteiger partial charge in [0.05, 0.1) is 6.54 Å². The first-order valence-corrected chi connectivity index (χ1v) is 5.86. The Morgan fingerprint density at radius 2 is 2.24 bits per heavy atom. The van der Waals surface area contributed by atoms with Crippen LogP contribution in [0.1, 0.15) is 31.4 Å². The van der Waals surface area contributed by atoms with Crippen LogP contribution in [0.15, 0.2) is 0 Å². The van der Waals surface area contributed by atoms with Crippen molar-refractivity contribution in [3.63, 3.8) is 0 Å². The molecule has 6 heteroatoms. The Morgan fingerprint density at radius 1 is 1.59 bits per heavy atom. The number of amides is 1. The standard InChI is InChI=1S/C11H19N5O/c1-7-13-8(2)16(15-7)6-11(3,10(12)17)14-9-4-5-9/h9,14H,4-6H2,1-3H3,(H2,12,17). The van der Waals surface area contributed by atoms with E-state index < -0.39 is 5.54 Å². The van der Waals surface area contributed by atoms with E-state index in [9.17, 15) is 4.79 Å². The lowest BCUT2D eigenvalue weighted by atomic mass is 10.0. The molecule has 1 fully saturated rings. The topological polar surface area (TPSA) is 85.8 Å². The van der Waals surface area contributed by atoms with E-state index in [1.807, 2.05) is 20.8 Å². The molecule has 0 spiro atoms. The fourth-order valence-corrected chi connectivity index (χ4v) is 1.88. The van der Waals surface area contributed by atoms with Crippen LogP contribution >= 0.6 is 0 Å². The summed E-state index contributed by atoms with van der Waals surface area (Å²) < 4.78 is 1.73. The van der Waals surface area contributed by atoms with E-state index in [-0.39, 0.29) is 5.91 Å². The maximum absolute atomic E-state index is 11.6. The molecule has 2 rings (SSSR count). The highest BCUT2D eigenvalue weighted by molar-refractivity contribution is 5.84. The third kappa shape index (κ3) is 2.63. The van der Waals surface area contributed by atoms with Crippen molar-refractivity contribution in [2.45, 2.75) is 51.7 Å². The molecule has 17 heavy (non-hydrogen) atoms. The second-order valence-electron chi connectivity index (χ2n) is 4.98. The third-order valence-corrected chi connectivity index (χ3v) is 3.07. The molecule has 1 saturated carbocycles. The first kappa shape index (κ1) is 12.0. The van der Waals surface area contributed by atoms with Crippen LogP contribution in [-0.2, 0) is 11.3 Å². The number of hydrogen-bond acceptors (Lipinski definition) is 4. The number of primary amides is 1. The fourth-order valence-electron chi connectivity index (χ4n) is 1.88. The molecular weight excluding hydrogens is 218 g/mol. The van der Waals surface area contributed by atoms with Crippen molar-refractivity contribution >= 4 is 5.91 Å². The van der Waals surface area contributed by atoms with Gasteiger partial charge in [-0.05, 0) is 33.6 Å². The van der Waals surface area contributed by atoms with Crippen LogP contribution < -0.4 is 11.1 Å². The van der Waals surface area contributed by atoms with Gasteiger partial charge < -0.3 is 5.73 Å². The highest BCUT2D eigenvalue weighted by Gasteiger charge is 2.38. The first-order valence-electron chi connectivity index (χ1n) is 5.86. The Labute approximate surface area is 101 Å². The van der Waals surface area contributed by atoms with Gasteiger partial charge in [-0.15, -0.1) is 0 Å². The van der Waals surface area contributed by atoms with Crippen LogP contribution in [0.25, 0.3) is 0 Å². The average molecular weight is 237 g/mol. The molecule has 1 aliphatic rings. The molecule has 1 amide bonds. The Balaban J connectivity index is 2.16. The molecule has 1 aromatic rings. The second kappa shape index (κ2) is 4.10. The maximum atomic E-state index is 11.6. The number of nitrogens with two attached hydrogens (primary N) is 1. The van der Waals surface area contributed by atoms with Crippen LogP contribution in [0.3, 0.4) is 0 Å². The Kier molecular flexibility index (Phi) is 2.91. The quantitative estimate of drug-likeness (QED) is 0.748. The normalized spacial score (nSPS) is 19.0. The van der Waals surface area contributed by atoms with Crippen molar-refractivity contribution in [2.75, 3.05) is 0 Å². The lowest BCUT2D eigenvalue weighted by molar-refractivity contribution is -0.124. The highest BCUT2D eigenvalue weighted by Crippen LogP contribution is 2.23. The van der Waals surface area contributed by atoms with Gasteiger partial charge in [-0.3, -0.25) is 10.1 Å². The van der Waals surface area contributed by atoms with Crippen molar-refractivity contribution < 1.29 is 4.79 Å². The molecule has 1 heterocycles. The molecule has 1 aromatic heterocycles. The van der Waals surface area contributed by atoms with Crippen molar-refractivity contribution in [1.82, 2.24) is 20.1 Å².